The van der Waals surface area contributed by atoms with Crippen LogP contribution in [0, 0.1) is 18.3 Å². The normalized spacial score (nSPS) is 11.4. The average Bonchev–Trinajstić information content (AvgIpc) is 3.02. The van der Waals surface area contributed by atoms with Gasteiger partial charge >= 0.3 is 0 Å². The fourth-order valence-electron chi connectivity index (χ4n) is 2.91. The highest BCUT2D eigenvalue weighted by Crippen LogP contribution is 2.20. The lowest BCUT2D eigenvalue weighted by Crippen LogP contribution is -2.20. The molecule has 3 aromatic heterocycles. The fourth-order valence-corrected chi connectivity index (χ4v) is 2.91. The summed E-state index contributed by atoms with van der Waals surface area (Å²) in [5.74, 6) is 0.504. The van der Waals surface area contributed by atoms with Crippen LogP contribution in [0.4, 0.5) is 5.82 Å². The number of hydrogen-bond donors (Lipinski definition) is 1. The summed E-state index contributed by atoms with van der Waals surface area (Å²) in [6, 6.07) is 15.0. The molecule has 1 aromatic carbocycles. The van der Waals surface area contributed by atoms with Crippen LogP contribution in [0.1, 0.15) is 16.7 Å². The highest BCUT2D eigenvalue weighted by molar-refractivity contribution is 5.89. The Morgan fingerprint density at radius 1 is 1.24 bits per heavy atom. The van der Waals surface area contributed by atoms with Gasteiger partial charge in [-0.2, -0.15) is 5.26 Å². The fraction of sp³-hybridized carbons (Fsp3) is 0.0526. The summed E-state index contributed by atoms with van der Waals surface area (Å²) in [6.07, 6.45) is 3.12. The zero-order valence-corrected chi connectivity index (χ0v) is 13.4. The molecule has 0 fully saturated rings. The molecule has 1 N–H and O–H groups in total. The van der Waals surface area contributed by atoms with Crippen LogP contribution in [-0.2, 0) is 0 Å². The number of fused-ring (bicyclic) bond motifs is 3. The van der Waals surface area contributed by atoms with Crippen molar-refractivity contribution < 1.29 is 0 Å². The molecular weight excluding hydrogens is 314 g/mol. The quantitative estimate of drug-likeness (QED) is 0.574. The molecule has 0 atom stereocenters. The van der Waals surface area contributed by atoms with Gasteiger partial charge in [-0.3, -0.25) is 9.20 Å². The highest BCUT2D eigenvalue weighted by Gasteiger charge is 2.17. The standard InChI is InChI=1S/C19H13N5O/c1-12-13(10-20)18-23-15-6-2-3-7-16(15)24(18)19(25)14(12)11-22-17-8-4-5-9-21-17/h2-9,11,23H,1H3/b22-11+. The van der Waals surface area contributed by atoms with E-state index in [0.29, 0.717) is 28.2 Å². The minimum atomic E-state index is -0.219. The number of imidazole rings is 1. The number of para-hydroxylation sites is 2. The molecular formula is C19H13N5O. The first-order valence-corrected chi connectivity index (χ1v) is 7.72. The van der Waals surface area contributed by atoms with Gasteiger partial charge in [-0.05, 0) is 36.8 Å². The van der Waals surface area contributed by atoms with Crippen LogP contribution in [0.2, 0.25) is 0 Å². The number of H-pyrrole nitrogens is 1. The predicted molar refractivity (Wildman–Crippen MR) is 96.5 cm³/mol. The van der Waals surface area contributed by atoms with E-state index in [1.807, 2.05) is 30.3 Å². The van der Waals surface area contributed by atoms with Crippen LogP contribution in [0.5, 0.6) is 0 Å². The number of benzene rings is 1. The Morgan fingerprint density at radius 2 is 2.04 bits per heavy atom. The van der Waals surface area contributed by atoms with Crippen molar-refractivity contribution in [3.63, 3.8) is 0 Å². The third-order valence-corrected chi connectivity index (χ3v) is 4.16. The second kappa shape index (κ2) is 5.73. The first-order valence-electron chi connectivity index (χ1n) is 7.72. The van der Waals surface area contributed by atoms with Crippen molar-refractivity contribution in [2.45, 2.75) is 6.92 Å². The van der Waals surface area contributed by atoms with Crippen molar-refractivity contribution in [3.05, 3.63) is 75.7 Å². The van der Waals surface area contributed by atoms with Crippen LogP contribution in [-0.4, -0.2) is 20.6 Å². The summed E-state index contributed by atoms with van der Waals surface area (Å²) in [4.78, 5) is 24.6. The largest absolute Gasteiger partial charge is 0.338 e. The van der Waals surface area contributed by atoms with Crippen molar-refractivity contribution in [2.75, 3.05) is 0 Å². The van der Waals surface area contributed by atoms with E-state index in [0.717, 1.165) is 11.0 Å². The SMILES string of the molecule is Cc1c(/C=N/c2ccccn2)c(=O)n2c([nH]c3ccccc32)c1C#N. The highest BCUT2D eigenvalue weighted by atomic mass is 16.1. The molecule has 6 nitrogen and oxygen atoms in total. The van der Waals surface area contributed by atoms with Gasteiger partial charge in [0.15, 0.2) is 5.82 Å². The van der Waals surface area contributed by atoms with Crippen LogP contribution in [0.3, 0.4) is 0 Å². The summed E-state index contributed by atoms with van der Waals surface area (Å²) >= 11 is 0. The number of aliphatic imine (C=N–C) groups is 1. The first-order chi connectivity index (χ1) is 12.2. The van der Waals surface area contributed by atoms with Gasteiger partial charge in [-0.15, -0.1) is 0 Å². The van der Waals surface area contributed by atoms with Gasteiger partial charge in [0.05, 0.1) is 22.2 Å². The van der Waals surface area contributed by atoms with Crippen molar-refractivity contribution in [1.29, 1.82) is 5.26 Å². The Morgan fingerprint density at radius 3 is 2.80 bits per heavy atom. The van der Waals surface area contributed by atoms with E-state index in [1.54, 1.807) is 25.3 Å². The van der Waals surface area contributed by atoms with Crippen LogP contribution in [0.15, 0.2) is 58.4 Å². The summed E-state index contributed by atoms with van der Waals surface area (Å²) in [5.41, 5.74) is 3.21. The Balaban J connectivity index is 2.05. The van der Waals surface area contributed by atoms with E-state index in [4.69, 9.17) is 0 Å². The van der Waals surface area contributed by atoms with E-state index in [1.165, 1.54) is 10.6 Å². The molecule has 0 aliphatic carbocycles. The van der Waals surface area contributed by atoms with Gasteiger partial charge in [0, 0.05) is 12.4 Å². The molecule has 0 spiro atoms. The Hall–Kier alpha value is -3.72. The summed E-state index contributed by atoms with van der Waals surface area (Å²) in [6.45, 7) is 1.76. The number of nitrogens with zero attached hydrogens (tertiary/aromatic N) is 4. The Kier molecular flexibility index (Phi) is 3.40. The number of pyridine rings is 2. The number of hydrogen-bond acceptors (Lipinski definition) is 4. The molecule has 4 rings (SSSR count). The van der Waals surface area contributed by atoms with Crippen molar-refractivity contribution in [2.24, 2.45) is 4.99 Å². The van der Waals surface area contributed by atoms with Crippen molar-refractivity contribution in [1.82, 2.24) is 14.4 Å². The minimum absolute atomic E-state index is 0.219. The summed E-state index contributed by atoms with van der Waals surface area (Å²) < 4.78 is 1.53. The molecule has 0 aliphatic heterocycles. The third kappa shape index (κ3) is 2.30. The smallest absolute Gasteiger partial charge is 0.265 e. The third-order valence-electron chi connectivity index (χ3n) is 4.16. The maximum Gasteiger partial charge on any atom is 0.265 e. The molecule has 0 radical (unpaired) electrons. The Bertz CT molecular complexity index is 1230. The zero-order valence-electron chi connectivity index (χ0n) is 13.4. The Labute approximate surface area is 142 Å². The van der Waals surface area contributed by atoms with Gasteiger partial charge < -0.3 is 4.98 Å². The number of nitrogens with one attached hydrogen (secondary N) is 1. The maximum atomic E-state index is 13.0. The van der Waals surface area contributed by atoms with E-state index in [9.17, 15) is 10.1 Å². The van der Waals surface area contributed by atoms with Gasteiger partial charge in [-0.1, -0.05) is 18.2 Å². The van der Waals surface area contributed by atoms with Gasteiger partial charge in [0.1, 0.15) is 11.7 Å². The van der Waals surface area contributed by atoms with Crippen molar-refractivity contribution >= 4 is 28.7 Å². The molecule has 0 amide bonds. The van der Waals surface area contributed by atoms with Crippen LogP contribution >= 0.6 is 0 Å². The summed E-state index contributed by atoms with van der Waals surface area (Å²) in [5, 5.41) is 9.60. The topological polar surface area (TPSA) is 86.3 Å². The molecule has 0 bridgehead atoms. The molecule has 0 aliphatic rings. The monoisotopic (exact) mass is 327 g/mol. The molecule has 6 heteroatoms. The van der Waals surface area contributed by atoms with Gasteiger partial charge in [-0.25, -0.2) is 9.98 Å². The van der Waals surface area contributed by atoms with E-state index in [2.05, 4.69) is 21.0 Å². The molecule has 0 saturated carbocycles. The second-order valence-corrected chi connectivity index (χ2v) is 5.60. The van der Waals surface area contributed by atoms with Gasteiger partial charge in [0.2, 0.25) is 0 Å². The average molecular weight is 327 g/mol. The first kappa shape index (κ1) is 14.8. The number of rotatable bonds is 2. The minimum Gasteiger partial charge on any atom is -0.338 e. The van der Waals surface area contributed by atoms with E-state index >= 15 is 0 Å². The molecule has 3 heterocycles. The number of aromatic nitrogens is 3. The zero-order chi connectivity index (χ0) is 17.4. The molecule has 120 valence electrons. The van der Waals surface area contributed by atoms with E-state index in [-0.39, 0.29) is 5.56 Å². The van der Waals surface area contributed by atoms with Gasteiger partial charge in [0.25, 0.3) is 5.56 Å². The lowest BCUT2D eigenvalue weighted by Gasteiger charge is -2.05. The lowest BCUT2D eigenvalue weighted by molar-refractivity contribution is 1.12. The molecule has 4 aromatic rings. The van der Waals surface area contributed by atoms with Crippen molar-refractivity contribution in [3.8, 4) is 6.07 Å². The number of nitriles is 1. The van der Waals surface area contributed by atoms with Crippen LogP contribution < -0.4 is 5.56 Å². The van der Waals surface area contributed by atoms with Crippen LogP contribution in [0.25, 0.3) is 16.7 Å². The molecule has 0 unspecified atom stereocenters. The summed E-state index contributed by atoms with van der Waals surface area (Å²) in [7, 11) is 0. The molecule has 25 heavy (non-hydrogen) atoms. The number of aromatic amines is 1. The second-order valence-electron chi connectivity index (χ2n) is 5.60. The van der Waals surface area contributed by atoms with E-state index < -0.39 is 0 Å². The predicted octanol–water partition coefficient (Wildman–Crippen LogP) is 3.11. The maximum absolute atomic E-state index is 13.0. The lowest BCUT2D eigenvalue weighted by atomic mass is 10.1. The molecule has 0 saturated heterocycles.